The van der Waals surface area contributed by atoms with Crippen LogP contribution in [0, 0.1) is 0 Å². The third-order valence-corrected chi connectivity index (χ3v) is 13.4. The molecule has 0 bridgehead atoms. The summed E-state index contributed by atoms with van der Waals surface area (Å²) in [7, 11) is 0. The van der Waals surface area contributed by atoms with Gasteiger partial charge in [0.25, 0.3) is 0 Å². The van der Waals surface area contributed by atoms with E-state index in [1.54, 1.807) is 0 Å². The normalized spacial score (nSPS) is 11.6. The Balaban J connectivity index is 0.868. The van der Waals surface area contributed by atoms with Crippen LogP contribution in [0.15, 0.2) is 253 Å². The lowest BCUT2D eigenvalue weighted by Crippen LogP contribution is -2.10. The van der Waals surface area contributed by atoms with E-state index in [1.165, 1.54) is 76.5 Å². The van der Waals surface area contributed by atoms with Crippen LogP contribution in [0.2, 0.25) is 0 Å². The van der Waals surface area contributed by atoms with Gasteiger partial charge >= 0.3 is 0 Å². The molecule has 0 unspecified atom stereocenters. The summed E-state index contributed by atoms with van der Waals surface area (Å²) in [4.78, 5) is 2.37. The van der Waals surface area contributed by atoms with E-state index in [0.29, 0.717) is 0 Å². The number of hydrogen-bond donors (Lipinski definition) is 0. The molecule has 13 rings (SSSR count). The highest BCUT2D eigenvalue weighted by Gasteiger charge is 2.17. The molecular formula is C64H41NO. The van der Waals surface area contributed by atoms with Gasteiger partial charge < -0.3 is 9.32 Å². The highest BCUT2D eigenvalue weighted by Crippen LogP contribution is 2.42. The maximum atomic E-state index is 6.27. The van der Waals surface area contributed by atoms with Gasteiger partial charge in [-0.15, -0.1) is 0 Å². The minimum atomic E-state index is 0.898. The molecule has 0 aliphatic heterocycles. The molecule has 0 radical (unpaired) electrons. The van der Waals surface area contributed by atoms with Gasteiger partial charge in [0.15, 0.2) is 0 Å². The van der Waals surface area contributed by atoms with E-state index >= 15 is 0 Å². The predicted molar refractivity (Wildman–Crippen MR) is 280 cm³/mol. The van der Waals surface area contributed by atoms with Gasteiger partial charge in [-0.3, -0.25) is 0 Å². The van der Waals surface area contributed by atoms with Crippen LogP contribution in [-0.4, -0.2) is 0 Å². The first kappa shape index (κ1) is 37.8. The maximum Gasteiger partial charge on any atom is 0.136 e. The summed E-state index contributed by atoms with van der Waals surface area (Å²) in [6, 6.07) is 90.3. The van der Waals surface area contributed by atoms with Gasteiger partial charge in [0, 0.05) is 27.8 Å². The van der Waals surface area contributed by atoms with Gasteiger partial charge in [0.2, 0.25) is 0 Å². The molecule has 0 amide bonds. The third kappa shape index (κ3) is 6.50. The van der Waals surface area contributed by atoms with Crippen molar-refractivity contribution < 1.29 is 4.42 Å². The van der Waals surface area contributed by atoms with Gasteiger partial charge in [-0.05, 0) is 148 Å². The lowest BCUT2D eigenvalue weighted by Gasteiger charge is -2.26. The molecule has 0 atom stereocenters. The van der Waals surface area contributed by atoms with Crippen LogP contribution in [0.25, 0.3) is 110 Å². The van der Waals surface area contributed by atoms with E-state index in [2.05, 4.69) is 241 Å². The fraction of sp³-hybridized carbons (Fsp3) is 0. The van der Waals surface area contributed by atoms with Crippen molar-refractivity contribution in [3.05, 3.63) is 249 Å². The fourth-order valence-electron chi connectivity index (χ4n) is 10.1. The molecule has 0 fully saturated rings. The van der Waals surface area contributed by atoms with Gasteiger partial charge in [-0.2, -0.15) is 0 Å². The molecule has 2 heteroatoms. The maximum absolute atomic E-state index is 6.27. The number of rotatable bonds is 7. The van der Waals surface area contributed by atoms with Crippen molar-refractivity contribution in [2.75, 3.05) is 4.90 Å². The summed E-state index contributed by atoms with van der Waals surface area (Å²) < 4.78 is 6.27. The summed E-state index contributed by atoms with van der Waals surface area (Å²) in [5.74, 6) is 0. The van der Waals surface area contributed by atoms with Crippen LogP contribution < -0.4 is 4.90 Å². The Hall–Kier alpha value is -8.72. The number of para-hydroxylation sites is 1. The Labute approximate surface area is 382 Å². The number of benzene rings is 12. The van der Waals surface area contributed by atoms with E-state index in [1.807, 2.05) is 12.1 Å². The predicted octanol–water partition coefficient (Wildman–Crippen LogP) is 18.3. The Morgan fingerprint density at radius 2 is 0.712 bits per heavy atom. The summed E-state index contributed by atoms with van der Waals surface area (Å²) in [5.41, 5.74) is 14.5. The van der Waals surface area contributed by atoms with E-state index in [-0.39, 0.29) is 0 Å². The van der Waals surface area contributed by atoms with Crippen molar-refractivity contribution >= 4 is 82.1 Å². The smallest absolute Gasteiger partial charge is 0.136 e. The Bertz CT molecular complexity index is 3970. The van der Waals surface area contributed by atoms with E-state index < -0.39 is 0 Å². The molecule has 13 aromatic rings. The van der Waals surface area contributed by atoms with Crippen LogP contribution >= 0.6 is 0 Å². The highest BCUT2D eigenvalue weighted by atomic mass is 16.3. The van der Waals surface area contributed by atoms with Crippen molar-refractivity contribution in [1.29, 1.82) is 0 Å². The van der Waals surface area contributed by atoms with Crippen molar-refractivity contribution in [1.82, 2.24) is 0 Å². The van der Waals surface area contributed by atoms with Gasteiger partial charge in [0.1, 0.15) is 11.2 Å². The number of anilines is 3. The quantitative estimate of drug-likeness (QED) is 0.149. The van der Waals surface area contributed by atoms with Crippen molar-refractivity contribution in [3.63, 3.8) is 0 Å². The molecule has 0 saturated carbocycles. The summed E-state index contributed by atoms with van der Waals surface area (Å²) >= 11 is 0. The molecule has 1 aromatic heterocycles. The molecule has 2 nitrogen and oxygen atoms in total. The molecule has 12 aromatic carbocycles. The van der Waals surface area contributed by atoms with Crippen LogP contribution in [0.4, 0.5) is 17.1 Å². The summed E-state index contributed by atoms with van der Waals surface area (Å²) in [5, 5.41) is 12.4. The zero-order chi connectivity index (χ0) is 43.6. The molecule has 0 N–H and O–H groups in total. The average molecular weight is 840 g/mol. The van der Waals surface area contributed by atoms with Crippen LogP contribution in [0.5, 0.6) is 0 Å². The first-order valence-corrected chi connectivity index (χ1v) is 22.6. The molecule has 66 heavy (non-hydrogen) atoms. The van der Waals surface area contributed by atoms with Gasteiger partial charge in [-0.1, -0.05) is 188 Å². The van der Waals surface area contributed by atoms with E-state index in [0.717, 1.165) is 50.1 Å². The standard InChI is InChI=1S/C64H41NO/c1-3-13-56-45(9-1)26-28-52-39-50(33-38-58(52)56)44-21-19-42(20-22-44)43-29-34-53(35-30-43)65(54-36-31-47(32-37-54)59-16-8-18-63-64(59)60-15-5-6-17-62(60)66-63)55-12-7-11-49(40-55)51-27-25-48-24-23-46-10-2-4-14-57(46)61(48)41-51/h1-41H. The van der Waals surface area contributed by atoms with Crippen LogP contribution in [0.3, 0.4) is 0 Å². The minimum absolute atomic E-state index is 0.898. The molecular weight excluding hydrogens is 799 g/mol. The number of fused-ring (bicyclic) bond motifs is 9. The first-order valence-electron chi connectivity index (χ1n) is 22.6. The molecule has 1 heterocycles. The minimum Gasteiger partial charge on any atom is -0.456 e. The average Bonchev–Trinajstić information content (AvgIpc) is 3.78. The number of furan rings is 1. The fourth-order valence-corrected chi connectivity index (χ4v) is 10.1. The lowest BCUT2D eigenvalue weighted by molar-refractivity contribution is 0.669. The zero-order valence-electron chi connectivity index (χ0n) is 36.0. The Morgan fingerprint density at radius 3 is 1.44 bits per heavy atom. The molecule has 0 aliphatic carbocycles. The molecule has 0 aliphatic rings. The monoisotopic (exact) mass is 839 g/mol. The lowest BCUT2D eigenvalue weighted by atomic mass is 9.96. The highest BCUT2D eigenvalue weighted by molar-refractivity contribution is 6.13. The third-order valence-electron chi connectivity index (χ3n) is 13.4. The Morgan fingerprint density at radius 1 is 0.242 bits per heavy atom. The van der Waals surface area contributed by atoms with Crippen molar-refractivity contribution in [2.45, 2.75) is 0 Å². The number of nitrogens with zero attached hydrogens (tertiary/aromatic N) is 1. The van der Waals surface area contributed by atoms with E-state index in [9.17, 15) is 0 Å². The van der Waals surface area contributed by atoms with Gasteiger partial charge in [0.05, 0.1) is 0 Å². The first-order chi connectivity index (χ1) is 32.7. The summed E-state index contributed by atoms with van der Waals surface area (Å²) in [6.07, 6.45) is 0. The molecule has 0 spiro atoms. The SMILES string of the molecule is c1cc(-c2ccc3ccc4ccccc4c3c2)cc(N(c2ccc(-c3ccc(-c4ccc5c(ccc6ccccc65)c4)cc3)cc2)c2ccc(-c3cccc4oc5ccccc5c34)cc2)c1. The second-order valence-electron chi connectivity index (χ2n) is 17.3. The molecule has 308 valence electrons. The topological polar surface area (TPSA) is 16.4 Å². The van der Waals surface area contributed by atoms with Crippen LogP contribution in [-0.2, 0) is 0 Å². The summed E-state index contributed by atoms with van der Waals surface area (Å²) in [6.45, 7) is 0. The van der Waals surface area contributed by atoms with Crippen LogP contribution in [0.1, 0.15) is 0 Å². The van der Waals surface area contributed by atoms with E-state index in [4.69, 9.17) is 4.42 Å². The van der Waals surface area contributed by atoms with Crippen molar-refractivity contribution in [2.24, 2.45) is 0 Å². The van der Waals surface area contributed by atoms with Gasteiger partial charge in [-0.25, -0.2) is 0 Å². The largest absolute Gasteiger partial charge is 0.456 e. The second kappa shape index (κ2) is 15.5. The second-order valence-corrected chi connectivity index (χ2v) is 17.3. The molecule has 0 saturated heterocycles. The number of hydrogen-bond acceptors (Lipinski definition) is 2. The zero-order valence-corrected chi connectivity index (χ0v) is 36.0. The van der Waals surface area contributed by atoms with Crippen molar-refractivity contribution in [3.8, 4) is 44.5 Å². The Kier molecular flexibility index (Phi) is 8.89.